The lowest BCUT2D eigenvalue weighted by molar-refractivity contribution is -0.133. The molecule has 0 atom stereocenters. The van der Waals surface area contributed by atoms with Crippen molar-refractivity contribution in [2.75, 3.05) is 51.9 Å². The average Bonchev–Trinajstić information content (AvgIpc) is 2.88. The highest BCUT2D eigenvalue weighted by Crippen LogP contribution is 2.31. The first-order valence-electron chi connectivity index (χ1n) is 10.9. The number of hydrogen-bond acceptors (Lipinski definition) is 7. The summed E-state index contributed by atoms with van der Waals surface area (Å²) in [6.07, 6.45) is 0. The van der Waals surface area contributed by atoms with Gasteiger partial charge in [0, 0.05) is 31.7 Å². The molecule has 0 bridgehead atoms. The Kier molecular flexibility index (Phi) is 6.92. The second-order valence-corrected chi connectivity index (χ2v) is 7.82. The maximum absolute atomic E-state index is 12.5. The second-order valence-electron chi connectivity index (χ2n) is 7.82. The Morgan fingerprint density at radius 3 is 2.24 bits per heavy atom. The van der Waals surface area contributed by atoms with Gasteiger partial charge in [0.15, 0.2) is 23.9 Å². The molecule has 4 rings (SSSR count). The minimum absolute atomic E-state index is 0.00916. The molecule has 0 saturated carbocycles. The molecule has 3 aromatic rings. The van der Waals surface area contributed by atoms with Crippen molar-refractivity contribution in [1.29, 1.82) is 0 Å². The molecule has 172 valence electrons. The first kappa shape index (κ1) is 22.4. The third kappa shape index (κ3) is 5.34. The van der Waals surface area contributed by atoms with Crippen LogP contribution in [0.15, 0.2) is 54.6 Å². The van der Waals surface area contributed by atoms with Gasteiger partial charge in [-0.15, -0.1) is 10.2 Å². The van der Waals surface area contributed by atoms with Crippen molar-refractivity contribution in [3.63, 3.8) is 0 Å². The third-order valence-electron chi connectivity index (χ3n) is 5.67. The fourth-order valence-corrected chi connectivity index (χ4v) is 3.70. The van der Waals surface area contributed by atoms with E-state index in [1.807, 2.05) is 66.4 Å². The number of methoxy groups -OCH3 is 2. The number of amides is 1. The van der Waals surface area contributed by atoms with Gasteiger partial charge in [-0.25, -0.2) is 0 Å². The molecule has 1 aliphatic heterocycles. The highest BCUT2D eigenvalue weighted by atomic mass is 16.5. The number of nitrogens with zero attached hydrogens (tertiary/aromatic N) is 4. The smallest absolute Gasteiger partial charge is 0.260 e. The largest absolute Gasteiger partial charge is 0.493 e. The fourth-order valence-electron chi connectivity index (χ4n) is 3.70. The van der Waals surface area contributed by atoms with Gasteiger partial charge >= 0.3 is 0 Å². The highest BCUT2D eigenvalue weighted by molar-refractivity contribution is 5.78. The Hall–Kier alpha value is -3.81. The summed E-state index contributed by atoms with van der Waals surface area (Å²) in [5, 5.41) is 8.80. The molecule has 0 aliphatic carbocycles. The summed E-state index contributed by atoms with van der Waals surface area (Å²) in [6.45, 7) is 4.69. The zero-order chi connectivity index (χ0) is 23.2. The Morgan fingerprint density at radius 1 is 0.879 bits per heavy atom. The molecular weight excluding hydrogens is 420 g/mol. The lowest BCUT2D eigenvalue weighted by atomic mass is 10.1. The first-order chi connectivity index (χ1) is 16.1. The van der Waals surface area contributed by atoms with E-state index in [1.54, 1.807) is 14.2 Å². The number of carbonyl (C=O) groups excluding carboxylic acids is 1. The number of benzene rings is 2. The van der Waals surface area contributed by atoms with Crippen LogP contribution in [0.5, 0.6) is 17.2 Å². The van der Waals surface area contributed by atoms with Gasteiger partial charge in [-0.1, -0.05) is 17.7 Å². The van der Waals surface area contributed by atoms with Crippen molar-refractivity contribution < 1.29 is 19.0 Å². The maximum Gasteiger partial charge on any atom is 0.260 e. The van der Waals surface area contributed by atoms with Crippen LogP contribution in [0, 0.1) is 6.92 Å². The van der Waals surface area contributed by atoms with Crippen LogP contribution in [0.4, 0.5) is 5.82 Å². The standard InChI is InChI=1S/C25H28N4O4/c1-18-4-7-20(8-5-18)33-17-25(30)29-14-12-28(13-15-29)24-11-9-21(26-27-24)19-6-10-22(31-2)23(16-19)32-3/h4-11,16H,12-15,17H2,1-3H3. The molecule has 0 unspecified atom stereocenters. The van der Waals surface area contributed by atoms with Crippen LogP contribution in [0.25, 0.3) is 11.3 Å². The number of aromatic nitrogens is 2. The average molecular weight is 449 g/mol. The number of carbonyl (C=O) groups is 1. The predicted octanol–water partition coefficient (Wildman–Crippen LogP) is 3.20. The Morgan fingerprint density at radius 2 is 1.61 bits per heavy atom. The van der Waals surface area contributed by atoms with Crippen LogP contribution in [0.2, 0.25) is 0 Å². The Balaban J connectivity index is 1.31. The van der Waals surface area contributed by atoms with Crippen molar-refractivity contribution in [3.05, 3.63) is 60.2 Å². The number of anilines is 1. The lowest BCUT2D eigenvalue weighted by Gasteiger charge is -2.35. The van der Waals surface area contributed by atoms with E-state index in [9.17, 15) is 4.79 Å². The predicted molar refractivity (Wildman–Crippen MR) is 126 cm³/mol. The second kappa shape index (κ2) is 10.2. The van der Waals surface area contributed by atoms with Gasteiger partial charge in [0.2, 0.25) is 0 Å². The molecule has 0 N–H and O–H groups in total. The summed E-state index contributed by atoms with van der Waals surface area (Å²) in [6, 6.07) is 17.2. The molecule has 2 aromatic carbocycles. The third-order valence-corrected chi connectivity index (χ3v) is 5.67. The SMILES string of the molecule is COc1ccc(-c2ccc(N3CCN(C(=O)COc4ccc(C)cc4)CC3)nn2)cc1OC. The number of piperazine rings is 1. The van der Waals surface area contributed by atoms with Gasteiger partial charge in [0.25, 0.3) is 5.91 Å². The van der Waals surface area contributed by atoms with Gasteiger partial charge in [-0.2, -0.15) is 0 Å². The molecule has 1 fully saturated rings. The van der Waals surface area contributed by atoms with Crippen LogP contribution >= 0.6 is 0 Å². The Labute approximate surface area is 193 Å². The monoisotopic (exact) mass is 448 g/mol. The summed E-state index contributed by atoms with van der Waals surface area (Å²) in [5.41, 5.74) is 2.81. The topological polar surface area (TPSA) is 77.0 Å². The van der Waals surface area contributed by atoms with E-state index in [0.29, 0.717) is 43.4 Å². The molecule has 8 nitrogen and oxygen atoms in total. The summed E-state index contributed by atoms with van der Waals surface area (Å²) < 4.78 is 16.3. The molecule has 1 aliphatic rings. The van der Waals surface area contributed by atoms with Crippen LogP contribution in [0.1, 0.15) is 5.56 Å². The molecule has 0 radical (unpaired) electrons. The molecule has 8 heteroatoms. The van der Waals surface area contributed by atoms with E-state index < -0.39 is 0 Å². The van der Waals surface area contributed by atoms with Gasteiger partial charge in [-0.3, -0.25) is 4.79 Å². The van der Waals surface area contributed by atoms with Crippen molar-refractivity contribution in [2.24, 2.45) is 0 Å². The van der Waals surface area contributed by atoms with Crippen LogP contribution < -0.4 is 19.1 Å². The highest BCUT2D eigenvalue weighted by Gasteiger charge is 2.22. The van der Waals surface area contributed by atoms with E-state index in [1.165, 1.54) is 0 Å². The van der Waals surface area contributed by atoms with Gasteiger partial charge < -0.3 is 24.0 Å². The van der Waals surface area contributed by atoms with Crippen molar-refractivity contribution >= 4 is 11.7 Å². The first-order valence-corrected chi connectivity index (χ1v) is 10.9. The molecule has 1 amide bonds. The van der Waals surface area contributed by atoms with E-state index in [-0.39, 0.29) is 12.5 Å². The van der Waals surface area contributed by atoms with E-state index >= 15 is 0 Å². The van der Waals surface area contributed by atoms with Crippen molar-refractivity contribution in [3.8, 4) is 28.5 Å². The number of rotatable bonds is 7. The summed E-state index contributed by atoms with van der Waals surface area (Å²) in [7, 11) is 3.21. The molecular formula is C25H28N4O4. The zero-order valence-corrected chi connectivity index (χ0v) is 19.2. The van der Waals surface area contributed by atoms with E-state index in [2.05, 4.69) is 15.1 Å². The van der Waals surface area contributed by atoms with Crippen LogP contribution in [-0.4, -0.2) is 68.0 Å². The van der Waals surface area contributed by atoms with E-state index in [4.69, 9.17) is 14.2 Å². The number of aryl methyl sites for hydroxylation is 1. The minimum Gasteiger partial charge on any atom is -0.493 e. The minimum atomic E-state index is -0.00916. The van der Waals surface area contributed by atoms with Gasteiger partial charge in [0.05, 0.1) is 19.9 Å². The zero-order valence-electron chi connectivity index (χ0n) is 19.2. The van der Waals surface area contributed by atoms with E-state index in [0.717, 1.165) is 22.6 Å². The Bertz CT molecular complexity index is 1080. The quantitative estimate of drug-likeness (QED) is 0.549. The number of hydrogen-bond donors (Lipinski definition) is 0. The molecule has 1 saturated heterocycles. The van der Waals surface area contributed by atoms with Crippen LogP contribution in [-0.2, 0) is 4.79 Å². The lowest BCUT2D eigenvalue weighted by Crippen LogP contribution is -2.50. The molecule has 1 aromatic heterocycles. The summed E-state index contributed by atoms with van der Waals surface area (Å²) >= 11 is 0. The van der Waals surface area contributed by atoms with Crippen molar-refractivity contribution in [1.82, 2.24) is 15.1 Å². The summed E-state index contributed by atoms with van der Waals surface area (Å²) in [4.78, 5) is 16.5. The van der Waals surface area contributed by atoms with Gasteiger partial charge in [-0.05, 0) is 49.4 Å². The maximum atomic E-state index is 12.5. The normalized spacial score (nSPS) is 13.5. The molecule has 0 spiro atoms. The number of ether oxygens (including phenoxy) is 3. The van der Waals surface area contributed by atoms with Gasteiger partial charge in [0.1, 0.15) is 5.75 Å². The summed E-state index contributed by atoms with van der Waals surface area (Å²) in [5.74, 6) is 2.81. The molecule has 33 heavy (non-hydrogen) atoms. The van der Waals surface area contributed by atoms with Crippen LogP contribution in [0.3, 0.4) is 0 Å². The molecule has 2 heterocycles. The van der Waals surface area contributed by atoms with Crippen molar-refractivity contribution in [2.45, 2.75) is 6.92 Å². The fraction of sp³-hybridized carbons (Fsp3) is 0.320.